The summed E-state index contributed by atoms with van der Waals surface area (Å²) in [5, 5.41) is 8.98. The van der Waals surface area contributed by atoms with Crippen molar-refractivity contribution in [1.82, 2.24) is 0 Å². The number of carbonyl (C=O) groups is 1. The molecular weight excluding hydrogens is 332 g/mol. The first kappa shape index (κ1) is 17.6. The Kier molecular flexibility index (Phi) is 4.91. The van der Waals surface area contributed by atoms with Crippen LogP contribution in [-0.2, 0) is 0 Å². The maximum absolute atomic E-state index is 10.9. The summed E-state index contributed by atoms with van der Waals surface area (Å²) in [6.07, 6.45) is 2.07. The molecule has 3 nitrogen and oxygen atoms in total. The van der Waals surface area contributed by atoms with Crippen molar-refractivity contribution < 1.29 is 14.6 Å². The predicted octanol–water partition coefficient (Wildman–Crippen LogP) is 5.46. The van der Waals surface area contributed by atoms with Gasteiger partial charge in [-0.3, -0.25) is 0 Å². The Labute approximate surface area is 152 Å². The molecule has 4 heteroatoms. The van der Waals surface area contributed by atoms with Crippen LogP contribution >= 0.6 is 11.8 Å². The van der Waals surface area contributed by atoms with E-state index in [2.05, 4.69) is 39.0 Å². The van der Waals surface area contributed by atoms with Gasteiger partial charge in [0.15, 0.2) is 0 Å². The zero-order valence-electron chi connectivity index (χ0n) is 14.7. The summed E-state index contributed by atoms with van der Waals surface area (Å²) in [6.45, 7) is 7.24. The zero-order valence-corrected chi connectivity index (χ0v) is 15.5. The summed E-state index contributed by atoms with van der Waals surface area (Å²) in [7, 11) is 0. The van der Waals surface area contributed by atoms with E-state index in [0.29, 0.717) is 5.56 Å². The second kappa shape index (κ2) is 6.96. The van der Waals surface area contributed by atoms with Gasteiger partial charge in [-0.15, -0.1) is 11.8 Å². The van der Waals surface area contributed by atoms with Crippen LogP contribution in [-0.4, -0.2) is 23.4 Å². The highest BCUT2D eigenvalue weighted by Gasteiger charge is 2.24. The summed E-state index contributed by atoms with van der Waals surface area (Å²) in [6, 6.07) is 13.2. The number of carboxylic acids is 1. The van der Waals surface area contributed by atoms with E-state index in [0.717, 1.165) is 34.8 Å². The molecule has 0 radical (unpaired) electrons. The molecule has 25 heavy (non-hydrogen) atoms. The lowest BCUT2D eigenvalue weighted by atomic mass is 9.98. The molecule has 2 aromatic rings. The van der Waals surface area contributed by atoms with E-state index < -0.39 is 5.97 Å². The van der Waals surface area contributed by atoms with E-state index in [1.54, 1.807) is 12.1 Å². The average Bonchev–Trinajstić information content (AvgIpc) is 2.73. The number of carboxylic acid groups (broad SMARTS) is 1. The maximum Gasteiger partial charge on any atom is 0.335 e. The summed E-state index contributed by atoms with van der Waals surface area (Å²) in [4.78, 5) is 12.1. The van der Waals surface area contributed by atoms with Gasteiger partial charge in [0.1, 0.15) is 5.75 Å². The lowest BCUT2D eigenvalue weighted by Crippen LogP contribution is -2.22. The van der Waals surface area contributed by atoms with Crippen molar-refractivity contribution >= 4 is 29.4 Å². The molecule has 0 spiro atoms. The van der Waals surface area contributed by atoms with Crippen LogP contribution in [0.2, 0.25) is 0 Å². The standard InChI is InChI=1S/C21H22O3S/c1-14(10-15-4-6-16(7-5-15)20(22)23)17-8-9-18-19(11-17)25-13-21(2,3)12-24-18/h4-11H,12-13H2,1-3H3,(H,22,23)/b14-10+. The Morgan fingerprint density at radius 2 is 1.84 bits per heavy atom. The number of benzene rings is 2. The Hall–Kier alpha value is -2.20. The van der Waals surface area contributed by atoms with Crippen LogP contribution in [0, 0.1) is 5.41 Å². The van der Waals surface area contributed by atoms with Crippen LogP contribution in [0.5, 0.6) is 5.75 Å². The SMILES string of the molecule is C/C(=C\c1ccc(C(=O)O)cc1)c1ccc2c(c1)SCC(C)(C)CO2. The van der Waals surface area contributed by atoms with Gasteiger partial charge in [-0.25, -0.2) is 4.79 Å². The molecule has 1 aliphatic heterocycles. The summed E-state index contributed by atoms with van der Waals surface area (Å²) in [5.74, 6) is 1.08. The van der Waals surface area contributed by atoms with E-state index in [4.69, 9.17) is 9.84 Å². The quantitative estimate of drug-likeness (QED) is 0.744. The molecule has 0 amide bonds. The third kappa shape index (κ3) is 4.26. The minimum absolute atomic E-state index is 0.167. The number of hydrogen-bond acceptors (Lipinski definition) is 3. The molecule has 1 heterocycles. The van der Waals surface area contributed by atoms with Gasteiger partial charge >= 0.3 is 5.97 Å². The molecule has 0 saturated carbocycles. The normalized spacial score (nSPS) is 16.5. The van der Waals surface area contributed by atoms with Crippen molar-refractivity contribution in [2.45, 2.75) is 25.7 Å². The van der Waals surface area contributed by atoms with Crippen LogP contribution < -0.4 is 4.74 Å². The monoisotopic (exact) mass is 354 g/mol. The predicted molar refractivity (Wildman–Crippen MR) is 103 cm³/mol. The van der Waals surface area contributed by atoms with Crippen LogP contribution in [0.15, 0.2) is 47.4 Å². The van der Waals surface area contributed by atoms with Gasteiger partial charge in [0.25, 0.3) is 0 Å². The number of allylic oxidation sites excluding steroid dienone is 1. The lowest BCUT2D eigenvalue weighted by molar-refractivity contribution is 0.0697. The molecule has 0 fully saturated rings. The third-order valence-electron chi connectivity index (χ3n) is 4.18. The molecule has 0 saturated heterocycles. The average molecular weight is 354 g/mol. The van der Waals surface area contributed by atoms with Gasteiger partial charge in [0, 0.05) is 16.1 Å². The van der Waals surface area contributed by atoms with Crippen molar-refractivity contribution in [1.29, 1.82) is 0 Å². The van der Waals surface area contributed by atoms with Crippen molar-refractivity contribution in [2.24, 2.45) is 5.41 Å². The van der Waals surface area contributed by atoms with Crippen LogP contribution in [0.1, 0.15) is 42.3 Å². The number of fused-ring (bicyclic) bond motifs is 1. The molecule has 130 valence electrons. The third-order valence-corrected chi connectivity index (χ3v) is 5.73. The van der Waals surface area contributed by atoms with E-state index >= 15 is 0 Å². The number of ether oxygens (including phenoxy) is 1. The van der Waals surface area contributed by atoms with Crippen molar-refractivity contribution in [3.05, 3.63) is 59.2 Å². The van der Waals surface area contributed by atoms with Crippen molar-refractivity contribution in [2.75, 3.05) is 12.4 Å². The van der Waals surface area contributed by atoms with Gasteiger partial charge < -0.3 is 9.84 Å². The van der Waals surface area contributed by atoms with Gasteiger partial charge in [0.05, 0.1) is 12.2 Å². The Morgan fingerprint density at radius 3 is 2.52 bits per heavy atom. The Balaban J connectivity index is 1.84. The summed E-state index contributed by atoms with van der Waals surface area (Å²) in [5.41, 5.74) is 3.74. The largest absolute Gasteiger partial charge is 0.492 e. The van der Waals surface area contributed by atoms with E-state index in [-0.39, 0.29) is 5.41 Å². The first-order chi connectivity index (χ1) is 11.8. The topological polar surface area (TPSA) is 46.5 Å². The van der Waals surface area contributed by atoms with E-state index in [1.165, 1.54) is 4.90 Å². The minimum atomic E-state index is -0.905. The van der Waals surface area contributed by atoms with Crippen LogP contribution in [0.25, 0.3) is 11.6 Å². The van der Waals surface area contributed by atoms with Crippen LogP contribution in [0.3, 0.4) is 0 Å². The molecular formula is C21H22O3S. The molecule has 0 atom stereocenters. The fourth-order valence-corrected chi connectivity index (χ4v) is 3.74. The summed E-state index contributed by atoms with van der Waals surface area (Å²) >= 11 is 1.84. The lowest BCUT2D eigenvalue weighted by Gasteiger charge is -2.20. The highest BCUT2D eigenvalue weighted by Crippen LogP contribution is 2.39. The van der Waals surface area contributed by atoms with Crippen molar-refractivity contribution in [3.8, 4) is 5.75 Å². The fraction of sp³-hybridized carbons (Fsp3) is 0.286. The molecule has 0 aromatic heterocycles. The molecule has 0 aliphatic carbocycles. The molecule has 1 aliphatic rings. The molecule has 3 rings (SSSR count). The fourth-order valence-electron chi connectivity index (χ4n) is 2.63. The molecule has 0 bridgehead atoms. The second-order valence-electron chi connectivity index (χ2n) is 7.16. The number of thioether (sulfide) groups is 1. The van der Waals surface area contributed by atoms with E-state index in [9.17, 15) is 4.79 Å². The number of rotatable bonds is 3. The first-order valence-electron chi connectivity index (χ1n) is 8.26. The Morgan fingerprint density at radius 1 is 1.16 bits per heavy atom. The molecule has 1 N–H and O–H groups in total. The maximum atomic E-state index is 10.9. The smallest absolute Gasteiger partial charge is 0.335 e. The highest BCUT2D eigenvalue weighted by atomic mass is 32.2. The van der Waals surface area contributed by atoms with Gasteiger partial charge in [-0.2, -0.15) is 0 Å². The number of aromatic carboxylic acids is 1. The molecule has 0 unspecified atom stereocenters. The first-order valence-corrected chi connectivity index (χ1v) is 9.24. The molecule has 2 aromatic carbocycles. The summed E-state index contributed by atoms with van der Waals surface area (Å²) < 4.78 is 5.96. The van der Waals surface area contributed by atoms with Crippen molar-refractivity contribution in [3.63, 3.8) is 0 Å². The van der Waals surface area contributed by atoms with Gasteiger partial charge in [-0.1, -0.05) is 38.1 Å². The second-order valence-corrected chi connectivity index (χ2v) is 8.17. The Bertz CT molecular complexity index is 820. The van der Waals surface area contributed by atoms with Gasteiger partial charge in [0.2, 0.25) is 0 Å². The highest BCUT2D eigenvalue weighted by molar-refractivity contribution is 7.99. The minimum Gasteiger partial charge on any atom is -0.492 e. The van der Waals surface area contributed by atoms with E-state index in [1.807, 2.05) is 30.0 Å². The zero-order chi connectivity index (χ0) is 18.0. The van der Waals surface area contributed by atoms with Gasteiger partial charge in [-0.05, 0) is 47.9 Å². The van der Waals surface area contributed by atoms with Crippen LogP contribution in [0.4, 0.5) is 0 Å². The number of hydrogen-bond donors (Lipinski definition) is 1.